The van der Waals surface area contributed by atoms with Crippen LogP contribution in [0.25, 0.3) is 0 Å². The van der Waals surface area contributed by atoms with E-state index in [1.165, 1.54) is 12.1 Å². The first-order valence-electron chi connectivity index (χ1n) is 4.98. The Labute approximate surface area is 98.8 Å². The second-order valence-electron chi connectivity index (χ2n) is 3.27. The van der Waals surface area contributed by atoms with Crippen LogP contribution in [0.1, 0.15) is 5.56 Å². The summed E-state index contributed by atoms with van der Waals surface area (Å²) in [6, 6.07) is 5.55. The average Bonchev–Trinajstić information content (AvgIpc) is 2.32. The van der Waals surface area contributed by atoms with Gasteiger partial charge in [0, 0.05) is 12.2 Å². The van der Waals surface area contributed by atoms with Crippen molar-refractivity contribution in [1.29, 1.82) is 5.26 Å². The standard InChI is InChI=1S/C12H12FN3O/c1-2-5-15-8-12(17)16-10-3-4-11(13)9(6-10)7-14/h2-4,6,15H,1,5,8H2,(H,16,17). The number of nitriles is 1. The third-order valence-electron chi connectivity index (χ3n) is 1.94. The van der Waals surface area contributed by atoms with E-state index in [0.717, 1.165) is 6.07 Å². The van der Waals surface area contributed by atoms with Crippen molar-refractivity contribution in [2.24, 2.45) is 0 Å². The lowest BCUT2D eigenvalue weighted by molar-refractivity contribution is -0.115. The van der Waals surface area contributed by atoms with Crippen LogP contribution in [0.3, 0.4) is 0 Å². The van der Waals surface area contributed by atoms with Crippen LogP contribution in [0.4, 0.5) is 10.1 Å². The second-order valence-corrected chi connectivity index (χ2v) is 3.27. The third-order valence-corrected chi connectivity index (χ3v) is 1.94. The van der Waals surface area contributed by atoms with Crippen LogP contribution in [-0.2, 0) is 4.79 Å². The highest BCUT2D eigenvalue weighted by Crippen LogP contribution is 2.13. The van der Waals surface area contributed by atoms with Crippen molar-refractivity contribution in [1.82, 2.24) is 5.32 Å². The van der Waals surface area contributed by atoms with E-state index in [2.05, 4.69) is 17.2 Å². The molecule has 0 heterocycles. The van der Waals surface area contributed by atoms with Gasteiger partial charge in [0.05, 0.1) is 12.1 Å². The fraction of sp³-hybridized carbons (Fsp3) is 0.167. The molecule has 0 bridgehead atoms. The minimum Gasteiger partial charge on any atom is -0.325 e. The Morgan fingerprint density at radius 3 is 3.00 bits per heavy atom. The van der Waals surface area contributed by atoms with Crippen molar-refractivity contribution in [3.63, 3.8) is 0 Å². The number of carbonyl (C=O) groups is 1. The highest BCUT2D eigenvalue weighted by molar-refractivity contribution is 5.92. The number of benzene rings is 1. The molecule has 2 N–H and O–H groups in total. The van der Waals surface area contributed by atoms with Gasteiger partial charge in [-0.3, -0.25) is 4.79 Å². The first kappa shape index (κ1) is 12.9. The molecule has 4 nitrogen and oxygen atoms in total. The van der Waals surface area contributed by atoms with Gasteiger partial charge in [0.15, 0.2) is 0 Å². The van der Waals surface area contributed by atoms with E-state index in [9.17, 15) is 9.18 Å². The Morgan fingerprint density at radius 1 is 1.59 bits per heavy atom. The Hall–Kier alpha value is -2.19. The van der Waals surface area contributed by atoms with Gasteiger partial charge in [-0.1, -0.05) is 6.08 Å². The van der Waals surface area contributed by atoms with Crippen molar-refractivity contribution < 1.29 is 9.18 Å². The van der Waals surface area contributed by atoms with E-state index in [0.29, 0.717) is 12.2 Å². The zero-order valence-electron chi connectivity index (χ0n) is 9.16. The molecular formula is C12H12FN3O. The molecule has 0 radical (unpaired) electrons. The minimum absolute atomic E-state index is 0.0955. The summed E-state index contributed by atoms with van der Waals surface area (Å²) in [5.41, 5.74) is 0.301. The number of anilines is 1. The molecule has 0 fully saturated rings. The monoisotopic (exact) mass is 233 g/mol. The van der Waals surface area contributed by atoms with Crippen LogP contribution < -0.4 is 10.6 Å². The highest BCUT2D eigenvalue weighted by atomic mass is 19.1. The molecule has 0 atom stereocenters. The molecule has 0 aliphatic rings. The van der Waals surface area contributed by atoms with Crippen LogP contribution in [0, 0.1) is 17.1 Å². The summed E-state index contributed by atoms with van der Waals surface area (Å²) in [4.78, 5) is 11.4. The molecule has 0 aliphatic heterocycles. The van der Waals surface area contributed by atoms with Crippen molar-refractivity contribution in [3.8, 4) is 6.07 Å². The van der Waals surface area contributed by atoms with Gasteiger partial charge in [-0.25, -0.2) is 4.39 Å². The quantitative estimate of drug-likeness (QED) is 0.597. The highest BCUT2D eigenvalue weighted by Gasteiger charge is 2.05. The van der Waals surface area contributed by atoms with Crippen molar-refractivity contribution in [3.05, 3.63) is 42.2 Å². The van der Waals surface area contributed by atoms with Gasteiger partial charge in [0.1, 0.15) is 11.9 Å². The summed E-state index contributed by atoms with van der Waals surface area (Å²) in [5, 5.41) is 14.0. The summed E-state index contributed by atoms with van der Waals surface area (Å²) < 4.78 is 13.0. The van der Waals surface area contributed by atoms with E-state index in [4.69, 9.17) is 5.26 Å². The number of amides is 1. The van der Waals surface area contributed by atoms with Gasteiger partial charge in [-0.15, -0.1) is 6.58 Å². The summed E-state index contributed by atoms with van der Waals surface area (Å²) in [6.45, 7) is 4.16. The zero-order valence-corrected chi connectivity index (χ0v) is 9.16. The van der Waals surface area contributed by atoms with Crippen molar-refractivity contribution >= 4 is 11.6 Å². The Bertz CT molecular complexity index is 465. The van der Waals surface area contributed by atoms with Gasteiger partial charge >= 0.3 is 0 Å². The van der Waals surface area contributed by atoms with Crippen LogP contribution in [-0.4, -0.2) is 19.0 Å². The second kappa shape index (κ2) is 6.40. The normalized spacial score (nSPS) is 9.41. The maximum absolute atomic E-state index is 13.0. The number of halogens is 1. The molecule has 0 aliphatic carbocycles. The lowest BCUT2D eigenvalue weighted by atomic mass is 10.2. The fourth-order valence-corrected chi connectivity index (χ4v) is 1.18. The molecule has 0 aromatic heterocycles. The molecule has 5 heteroatoms. The molecule has 1 aromatic rings. The largest absolute Gasteiger partial charge is 0.325 e. The first-order chi connectivity index (χ1) is 8.17. The molecule has 1 aromatic carbocycles. The van der Waals surface area contributed by atoms with Gasteiger partial charge in [-0.05, 0) is 18.2 Å². The topological polar surface area (TPSA) is 64.9 Å². The van der Waals surface area contributed by atoms with Crippen LogP contribution >= 0.6 is 0 Å². The SMILES string of the molecule is C=CCNCC(=O)Nc1ccc(F)c(C#N)c1. The predicted octanol–water partition coefficient (Wildman–Crippen LogP) is 1.41. The van der Waals surface area contributed by atoms with E-state index < -0.39 is 5.82 Å². The lowest BCUT2D eigenvalue weighted by Gasteiger charge is -2.06. The average molecular weight is 233 g/mol. The lowest BCUT2D eigenvalue weighted by Crippen LogP contribution is -2.28. The van der Waals surface area contributed by atoms with Gasteiger partial charge < -0.3 is 10.6 Å². The summed E-state index contributed by atoms with van der Waals surface area (Å²) in [6.07, 6.45) is 1.64. The number of nitrogens with zero attached hydrogens (tertiary/aromatic N) is 1. The number of carbonyl (C=O) groups excluding carboxylic acids is 1. The molecule has 0 saturated heterocycles. The fourth-order valence-electron chi connectivity index (χ4n) is 1.18. The Morgan fingerprint density at radius 2 is 2.35 bits per heavy atom. The minimum atomic E-state index is -0.602. The number of hydrogen-bond donors (Lipinski definition) is 2. The van der Waals surface area contributed by atoms with Crippen molar-refractivity contribution in [2.75, 3.05) is 18.4 Å². The van der Waals surface area contributed by atoms with E-state index in [1.54, 1.807) is 12.1 Å². The number of rotatable bonds is 5. The Kier molecular flexibility index (Phi) is 4.85. The van der Waals surface area contributed by atoms with Gasteiger partial charge in [-0.2, -0.15) is 5.26 Å². The maximum Gasteiger partial charge on any atom is 0.238 e. The molecule has 0 spiro atoms. The maximum atomic E-state index is 13.0. The third kappa shape index (κ3) is 4.05. The molecule has 0 unspecified atom stereocenters. The molecular weight excluding hydrogens is 221 g/mol. The van der Waals surface area contributed by atoms with Crippen LogP contribution in [0.15, 0.2) is 30.9 Å². The molecule has 1 rings (SSSR count). The summed E-state index contributed by atoms with van der Waals surface area (Å²) in [7, 11) is 0. The first-order valence-corrected chi connectivity index (χ1v) is 4.98. The molecule has 1 amide bonds. The van der Waals surface area contributed by atoms with Crippen LogP contribution in [0.2, 0.25) is 0 Å². The number of hydrogen-bond acceptors (Lipinski definition) is 3. The molecule has 0 saturated carbocycles. The van der Waals surface area contributed by atoms with Crippen molar-refractivity contribution in [2.45, 2.75) is 0 Å². The van der Waals surface area contributed by atoms with Gasteiger partial charge in [0.25, 0.3) is 0 Å². The summed E-state index contributed by atoms with van der Waals surface area (Å²) >= 11 is 0. The van der Waals surface area contributed by atoms with E-state index >= 15 is 0 Å². The Balaban J connectivity index is 2.60. The van der Waals surface area contributed by atoms with E-state index in [1.807, 2.05) is 0 Å². The zero-order chi connectivity index (χ0) is 12.7. The number of nitrogens with one attached hydrogen (secondary N) is 2. The molecule has 88 valence electrons. The van der Waals surface area contributed by atoms with Crippen LogP contribution in [0.5, 0.6) is 0 Å². The van der Waals surface area contributed by atoms with Gasteiger partial charge in [0.2, 0.25) is 5.91 Å². The predicted molar refractivity (Wildman–Crippen MR) is 62.8 cm³/mol. The smallest absolute Gasteiger partial charge is 0.238 e. The summed E-state index contributed by atoms with van der Waals surface area (Å²) in [5.74, 6) is -0.863. The molecule has 17 heavy (non-hydrogen) atoms. The van der Waals surface area contributed by atoms with E-state index in [-0.39, 0.29) is 18.0 Å².